The number of hydrogen-bond acceptors (Lipinski definition) is 2. The summed E-state index contributed by atoms with van der Waals surface area (Å²) >= 11 is 0. The van der Waals surface area contributed by atoms with Crippen molar-refractivity contribution in [2.24, 2.45) is 5.73 Å². The molecule has 0 bridgehead atoms. The van der Waals surface area contributed by atoms with Crippen LogP contribution in [-0.2, 0) is 11.2 Å². The minimum absolute atomic E-state index is 0.173. The standard InChI is InChI=1S/C11H14N2O/c12-11(14)10-7-13-6-5-8-3-1-2-4-9(8)10/h1-4,10,13H,5-7H2,(H2,12,14). The number of carbonyl (C=O) groups excluding carboxylic acids is 1. The van der Waals surface area contributed by atoms with Gasteiger partial charge in [0.25, 0.3) is 0 Å². The lowest BCUT2D eigenvalue weighted by Gasteiger charge is -2.13. The summed E-state index contributed by atoms with van der Waals surface area (Å²) in [6.45, 7) is 1.58. The number of amides is 1. The second-order valence-electron chi connectivity index (χ2n) is 3.61. The van der Waals surface area contributed by atoms with Gasteiger partial charge in [-0.2, -0.15) is 0 Å². The van der Waals surface area contributed by atoms with Gasteiger partial charge in [-0.05, 0) is 24.1 Å². The molecular formula is C11H14N2O. The Morgan fingerprint density at radius 3 is 3.00 bits per heavy atom. The van der Waals surface area contributed by atoms with Gasteiger partial charge in [0.15, 0.2) is 0 Å². The fraction of sp³-hybridized carbons (Fsp3) is 0.364. The van der Waals surface area contributed by atoms with Gasteiger partial charge in [-0.1, -0.05) is 24.3 Å². The van der Waals surface area contributed by atoms with E-state index in [1.54, 1.807) is 0 Å². The van der Waals surface area contributed by atoms with E-state index in [0.29, 0.717) is 6.54 Å². The van der Waals surface area contributed by atoms with E-state index in [4.69, 9.17) is 5.73 Å². The Morgan fingerprint density at radius 2 is 2.21 bits per heavy atom. The predicted octanol–water partition coefficient (Wildman–Crippen LogP) is 0.401. The normalized spacial score (nSPS) is 21.0. The lowest BCUT2D eigenvalue weighted by Crippen LogP contribution is -2.30. The Morgan fingerprint density at radius 1 is 1.43 bits per heavy atom. The summed E-state index contributed by atoms with van der Waals surface area (Å²) in [4.78, 5) is 11.3. The smallest absolute Gasteiger partial charge is 0.226 e. The molecule has 0 fully saturated rings. The number of primary amides is 1. The average molecular weight is 190 g/mol. The molecule has 1 aromatic rings. The summed E-state index contributed by atoms with van der Waals surface area (Å²) in [5.74, 6) is -0.416. The van der Waals surface area contributed by atoms with Gasteiger partial charge in [0.05, 0.1) is 5.92 Å². The molecule has 0 spiro atoms. The van der Waals surface area contributed by atoms with Crippen molar-refractivity contribution in [3.05, 3.63) is 35.4 Å². The second kappa shape index (κ2) is 3.80. The highest BCUT2D eigenvalue weighted by atomic mass is 16.1. The molecule has 1 aliphatic heterocycles. The number of hydrogen-bond donors (Lipinski definition) is 2. The van der Waals surface area contributed by atoms with Crippen LogP contribution in [-0.4, -0.2) is 19.0 Å². The average Bonchev–Trinajstić information content (AvgIpc) is 2.39. The maximum atomic E-state index is 11.3. The molecule has 0 aromatic heterocycles. The first-order valence-electron chi connectivity index (χ1n) is 4.87. The zero-order valence-electron chi connectivity index (χ0n) is 7.99. The molecule has 1 atom stereocenters. The van der Waals surface area contributed by atoms with Crippen molar-refractivity contribution in [1.82, 2.24) is 5.32 Å². The van der Waals surface area contributed by atoms with Crippen LogP contribution in [0.15, 0.2) is 24.3 Å². The van der Waals surface area contributed by atoms with Crippen molar-refractivity contribution >= 4 is 5.91 Å². The molecule has 0 radical (unpaired) electrons. The maximum Gasteiger partial charge on any atom is 0.226 e. The quantitative estimate of drug-likeness (QED) is 0.673. The third kappa shape index (κ3) is 1.63. The maximum absolute atomic E-state index is 11.3. The first kappa shape index (κ1) is 9.21. The number of rotatable bonds is 1. The van der Waals surface area contributed by atoms with E-state index >= 15 is 0 Å². The number of nitrogens with two attached hydrogens (primary N) is 1. The monoisotopic (exact) mass is 190 g/mol. The van der Waals surface area contributed by atoms with Crippen molar-refractivity contribution in [3.63, 3.8) is 0 Å². The number of nitrogens with one attached hydrogen (secondary N) is 1. The summed E-state index contributed by atoms with van der Waals surface area (Å²) in [6.07, 6.45) is 0.972. The Hall–Kier alpha value is -1.35. The Bertz CT molecular complexity index is 349. The molecule has 74 valence electrons. The van der Waals surface area contributed by atoms with Gasteiger partial charge in [0.2, 0.25) is 5.91 Å². The number of fused-ring (bicyclic) bond motifs is 1. The summed E-state index contributed by atoms with van der Waals surface area (Å²) in [7, 11) is 0. The van der Waals surface area contributed by atoms with Crippen LogP contribution in [0, 0.1) is 0 Å². The largest absolute Gasteiger partial charge is 0.369 e. The molecule has 3 N–H and O–H groups in total. The first-order chi connectivity index (χ1) is 6.79. The van der Waals surface area contributed by atoms with Gasteiger partial charge >= 0.3 is 0 Å². The predicted molar refractivity (Wildman–Crippen MR) is 55.0 cm³/mol. The summed E-state index contributed by atoms with van der Waals surface area (Å²) in [5, 5.41) is 3.22. The summed E-state index contributed by atoms with van der Waals surface area (Å²) in [5.41, 5.74) is 7.70. The molecule has 0 saturated heterocycles. The van der Waals surface area contributed by atoms with Gasteiger partial charge in [-0.25, -0.2) is 0 Å². The van der Waals surface area contributed by atoms with Crippen molar-refractivity contribution in [3.8, 4) is 0 Å². The molecule has 1 aliphatic rings. The van der Waals surface area contributed by atoms with Crippen molar-refractivity contribution in [2.75, 3.05) is 13.1 Å². The van der Waals surface area contributed by atoms with Crippen molar-refractivity contribution in [1.29, 1.82) is 0 Å². The van der Waals surface area contributed by atoms with Crippen LogP contribution < -0.4 is 11.1 Å². The van der Waals surface area contributed by atoms with E-state index in [9.17, 15) is 4.79 Å². The van der Waals surface area contributed by atoms with Crippen LogP contribution in [0.3, 0.4) is 0 Å². The first-order valence-corrected chi connectivity index (χ1v) is 4.87. The zero-order valence-corrected chi connectivity index (χ0v) is 7.99. The summed E-state index contributed by atoms with van der Waals surface area (Å²) < 4.78 is 0. The molecule has 1 heterocycles. The van der Waals surface area contributed by atoms with Crippen LogP contribution in [0.5, 0.6) is 0 Å². The van der Waals surface area contributed by atoms with Crippen molar-refractivity contribution in [2.45, 2.75) is 12.3 Å². The fourth-order valence-corrected chi connectivity index (χ4v) is 1.94. The Labute approximate surface area is 83.3 Å². The summed E-state index contributed by atoms with van der Waals surface area (Å²) in [6, 6.07) is 8.03. The molecule has 1 amide bonds. The molecule has 0 aliphatic carbocycles. The zero-order chi connectivity index (χ0) is 9.97. The highest BCUT2D eigenvalue weighted by molar-refractivity contribution is 5.82. The van der Waals surface area contributed by atoms with Gasteiger partial charge in [-0.15, -0.1) is 0 Å². The minimum atomic E-state index is -0.244. The second-order valence-corrected chi connectivity index (χ2v) is 3.61. The third-order valence-electron chi connectivity index (χ3n) is 2.69. The van der Waals surface area contributed by atoms with E-state index in [2.05, 4.69) is 11.4 Å². The van der Waals surface area contributed by atoms with Crippen molar-refractivity contribution < 1.29 is 4.79 Å². The molecular weight excluding hydrogens is 176 g/mol. The Balaban J connectivity index is 2.42. The van der Waals surface area contributed by atoms with Gasteiger partial charge < -0.3 is 11.1 Å². The van der Waals surface area contributed by atoms with Gasteiger partial charge in [0.1, 0.15) is 0 Å². The topological polar surface area (TPSA) is 55.1 Å². The lowest BCUT2D eigenvalue weighted by atomic mass is 9.93. The molecule has 1 aromatic carbocycles. The number of benzene rings is 1. The van der Waals surface area contributed by atoms with Crippen LogP contribution in [0.2, 0.25) is 0 Å². The van der Waals surface area contributed by atoms with E-state index in [1.165, 1.54) is 5.56 Å². The van der Waals surface area contributed by atoms with Crippen LogP contribution in [0.1, 0.15) is 17.0 Å². The minimum Gasteiger partial charge on any atom is -0.369 e. The molecule has 3 heteroatoms. The molecule has 14 heavy (non-hydrogen) atoms. The van der Waals surface area contributed by atoms with Gasteiger partial charge in [0, 0.05) is 6.54 Å². The molecule has 1 unspecified atom stereocenters. The van der Waals surface area contributed by atoms with Crippen LogP contribution >= 0.6 is 0 Å². The molecule has 0 saturated carbocycles. The highest BCUT2D eigenvalue weighted by Gasteiger charge is 2.22. The van der Waals surface area contributed by atoms with E-state index in [0.717, 1.165) is 18.5 Å². The molecule has 2 rings (SSSR count). The highest BCUT2D eigenvalue weighted by Crippen LogP contribution is 2.21. The van der Waals surface area contributed by atoms with Crippen LogP contribution in [0.25, 0.3) is 0 Å². The molecule has 3 nitrogen and oxygen atoms in total. The lowest BCUT2D eigenvalue weighted by molar-refractivity contribution is -0.119. The van der Waals surface area contributed by atoms with E-state index in [-0.39, 0.29) is 11.8 Å². The van der Waals surface area contributed by atoms with E-state index in [1.807, 2.05) is 18.2 Å². The van der Waals surface area contributed by atoms with Crippen LogP contribution in [0.4, 0.5) is 0 Å². The Kier molecular flexibility index (Phi) is 2.50. The van der Waals surface area contributed by atoms with E-state index < -0.39 is 0 Å². The van der Waals surface area contributed by atoms with Gasteiger partial charge in [-0.3, -0.25) is 4.79 Å². The third-order valence-corrected chi connectivity index (χ3v) is 2.69. The SMILES string of the molecule is NC(=O)C1CNCCc2ccccc21. The fourth-order valence-electron chi connectivity index (χ4n) is 1.94. The number of carbonyl (C=O) groups is 1.